The molecule has 0 aromatic carbocycles. The summed E-state index contributed by atoms with van der Waals surface area (Å²) >= 11 is 5.15. The highest BCUT2D eigenvalue weighted by molar-refractivity contribution is 9.11. The number of nitrogens with one attached hydrogen (secondary N) is 1. The van der Waals surface area contributed by atoms with Gasteiger partial charge in [-0.3, -0.25) is 16.0 Å². The number of thiophene rings is 1. The average Bonchev–Trinajstić information content (AvgIpc) is 2.84. The van der Waals surface area contributed by atoms with Crippen LogP contribution in [0.4, 0.5) is 0 Å². The lowest BCUT2D eigenvalue weighted by Gasteiger charge is -2.12. The Morgan fingerprint density at radius 2 is 2.44 bits per heavy atom. The second-order valence-electron chi connectivity index (χ2n) is 3.59. The zero-order chi connectivity index (χ0) is 11.5. The summed E-state index contributed by atoms with van der Waals surface area (Å²) in [5, 5.41) is 4.15. The first-order chi connectivity index (χ1) is 7.69. The lowest BCUT2D eigenvalue weighted by Crippen LogP contribution is -2.28. The molecular weight excluding hydrogens is 288 g/mol. The van der Waals surface area contributed by atoms with Crippen molar-refractivity contribution in [3.63, 3.8) is 0 Å². The maximum Gasteiger partial charge on any atom is 0.0702 e. The van der Waals surface area contributed by atoms with E-state index in [0.717, 1.165) is 10.2 Å². The Labute approximate surface area is 107 Å². The first-order valence-electron chi connectivity index (χ1n) is 4.88. The summed E-state index contributed by atoms with van der Waals surface area (Å²) in [5.74, 6) is 5.58. The number of rotatable bonds is 4. The van der Waals surface area contributed by atoms with Crippen molar-refractivity contribution in [2.45, 2.75) is 12.5 Å². The minimum Gasteiger partial charge on any atom is -0.276 e. The van der Waals surface area contributed by atoms with Gasteiger partial charge in [-0.2, -0.15) is 5.10 Å². The molecule has 86 valence electrons. The third kappa shape index (κ3) is 2.70. The topological polar surface area (TPSA) is 55.9 Å². The van der Waals surface area contributed by atoms with Crippen LogP contribution in [0, 0.1) is 0 Å². The molecule has 3 N–H and O–H groups in total. The zero-order valence-electron chi connectivity index (χ0n) is 8.85. The van der Waals surface area contributed by atoms with Gasteiger partial charge in [0.15, 0.2) is 0 Å². The van der Waals surface area contributed by atoms with Crippen molar-refractivity contribution in [2.75, 3.05) is 0 Å². The number of halogens is 1. The van der Waals surface area contributed by atoms with Crippen LogP contribution in [-0.2, 0) is 13.5 Å². The molecule has 2 rings (SSSR count). The zero-order valence-corrected chi connectivity index (χ0v) is 11.3. The van der Waals surface area contributed by atoms with E-state index in [1.54, 1.807) is 16.0 Å². The summed E-state index contributed by atoms with van der Waals surface area (Å²) < 4.78 is 2.92. The van der Waals surface area contributed by atoms with Crippen molar-refractivity contribution in [2.24, 2.45) is 12.9 Å². The van der Waals surface area contributed by atoms with Gasteiger partial charge in [0.05, 0.1) is 16.0 Å². The number of nitrogens with zero attached hydrogens (tertiary/aromatic N) is 2. The molecule has 0 amide bonds. The van der Waals surface area contributed by atoms with Crippen LogP contribution in [0.5, 0.6) is 0 Å². The molecule has 2 aromatic rings. The Morgan fingerprint density at radius 3 is 2.94 bits per heavy atom. The van der Waals surface area contributed by atoms with E-state index < -0.39 is 0 Å². The molecule has 0 aliphatic carbocycles. The highest BCUT2D eigenvalue weighted by atomic mass is 79.9. The van der Waals surface area contributed by atoms with Gasteiger partial charge in [-0.15, -0.1) is 11.3 Å². The lowest BCUT2D eigenvalue weighted by molar-refractivity contribution is 0.560. The molecule has 0 fully saturated rings. The van der Waals surface area contributed by atoms with Crippen molar-refractivity contribution in [1.82, 2.24) is 15.2 Å². The van der Waals surface area contributed by atoms with E-state index in [1.807, 2.05) is 25.5 Å². The smallest absolute Gasteiger partial charge is 0.0702 e. The Kier molecular flexibility index (Phi) is 3.75. The molecule has 0 bridgehead atoms. The number of hydrogen-bond acceptors (Lipinski definition) is 4. The van der Waals surface area contributed by atoms with Crippen molar-refractivity contribution in [3.8, 4) is 0 Å². The summed E-state index contributed by atoms with van der Waals surface area (Å²) in [6.07, 6.45) is 4.72. The third-order valence-corrected chi connectivity index (χ3v) is 4.07. The van der Waals surface area contributed by atoms with Crippen LogP contribution in [0.15, 0.2) is 28.3 Å². The Bertz CT molecular complexity index is 465. The predicted molar refractivity (Wildman–Crippen MR) is 69.0 cm³/mol. The second kappa shape index (κ2) is 5.09. The van der Waals surface area contributed by atoms with E-state index in [-0.39, 0.29) is 6.04 Å². The third-order valence-electron chi connectivity index (χ3n) is 2.34. The summed E-state index contributed by atoms with van der Waals surface area (Å²) in [5.41, 5.74) is 4.02. The molecule has 0 saturated heterocycles. The van der Waals surface area contributed by atoms with Gasteiger partial charge in [0.25, 0.3) is 0 Å². The van der Waals surface area contributed by atoms with Crippen LogP contribution < -0.4 is 11.3 Å². The summed E-state index contributed by atoms with van der Waals surface area (Å²) in [6.45, 7) is 0. The summed E-state index contributed by atoms with van der Waals surface area (Å²) in [6, 6.07) is 4.25. The second-order valence-corrected chi connectivity index (χ2v) is 6.08. The van der Waals surface area contributed by atoms with Gasteiger partial charge in [-0.1, -0.05) is 0 Å². The fraction of sp³-hybridized carbons (Fsp3) is 0.300. The van der Waals surface area contributed by atoms with Gasteiger partial charge in [0, 0.05) is 18.1 Å². The molecule has 0 radical (unpaired) electrons. The van der Waals surface area contributed by atoms with E-state index in [0.29, 0.717) is 0 Å². The maximum atomic E-state index is 5.58. The van der Waals surface area contributed by atoms with Crippen LogP contribution in [0.2, 0.25) is 0 Å². The number of aryl methyl sites for hydroxylation is 1. The molecule has 1 unspecified atom stereocenters. The summed E-state index contributed by atoms with van der Waals surface area (Å²) in [7, 11) is 1.91. The largest absolute Gasteiger partial charge is 0.276 e. The number of hydrazine groups is 1. The lowest BCUT2D eigenvalue weighted by atomic mass is 10.1. The Hall–Kier alpha value is -0.690. The fourth-order valence-electron chi connectivity index (χ4n) is 1.57. The van der Waals surface area contributed by atoms with Crippen molar-refractivity contribution < 1.29 is 0 Å². The van der Waals surface area contributed by atoms with Gasteiger partial charge in [-0.05, 0) is 40.0 Å². The minimum atomic E-state index is 0.139. The monoisotopic (exact) mass is 300 g/mol. The van der Waals surface area contributed by atoms with Crippen LogP contribution in [0.1, 0.15) is 16.5 Å². The van der Waals surface area contributed by atoms with E-state index in [2.05, 4.69) is 32.5 Å². The van der Waals surface area contributed by atoms with E-state index in [1.165, 1.54) is 10.4 Å². The highest BCUT2D eigenvalue weighted by Gasteiger charge is 2.13. The van der Waals surface area contributed by atoms with Crippen LogP contribution in [0.3, 0.4) is 0 Å². The first kappa shape index (κ1) is 11.8. The fourth-order valence-corrected chi connectivity index (χ4v) is 3.05. The average molecular weight is 301 g/mol. The van der Waals surface area contributed by atoms with Crippen LogP contribution in [-0.4, -0.2) is 9.78 Å². The molecule has 6 heteroatoms. The minimum absolute atomic E-state index is 0.139. The van der Waals surface area contributed by atoms with Crippen LogP contribution >= 0.6 is 27.3 Å². The van der Waals surface area contributed by atoms with E-state index in [9.17, 15) is 0 Å². The number of hydrogen-bond donors (Lipinski definition) is 2. The first-order valence-corrected chi connectivity index (χ1v) is 6.49. The van der Waals surface area contributed by atoms with Gasteiger partial charge in [0.1, 0.15) is 0 Å². The van der Waals surface area contributed by atoms with E-state index >= 15 is 0 Å². The molecule has 16 heavy (non-hydrogen) atoms. The molecule has 0 saturated carbocycles. The van der Waals surface area contributed by atoms with Gasteiger partial charge < -0.3 is 0 Å². The standard InChI is InChI=1S/C10H13BrN4S/c1-15-6-7(5-13-15)4-8(14-12)9-2-3-10(11)16-9/h2-3,5-6,8,14H,4,12H2,1H3. The van der Waals surface area contributed by atoms with Crippen molar-refractivity contribution in [1.29, 1.82) is 0 Å². The number of nitrogens with two attached hydrogens (primary N) is 1. The van der Waals surface area contributed by atoms with Gasteiger partial charge in [-0.25, -0.2) is 0 Å². The highest BCUT2D eigenvalue weighted by Crippen LogP contribution is 2.28. The van der Waals surface area contributed by atoms with Gasteiger partial charge >= 0.3 is 0 Å². The Balaban J connectivity index is 2.12. The SMILES string of the molecule is Cn1cc(CC(NN)c2ccc(Br)s2)cn1. The molecule has 0 spiro atoms. The van der Waals surface area contributed by atoms with E-state index in [4.69, 9.17) is 5.84 Å². The van der Waals surface area contributed by atoms with Crippen LogP contribution in [0.25, 0.3) is 0 Å². The molecule has 2 aromatic heterocycles. The quantitative estimate of drug-likeness (QED) is 0.671. The number of aromatic nitrogens is 2. The van der Waals surface area contributed by atoms with Crippen molar-refractivity contribution >= 4 is 27.3 Å². The summed E-state index contributed by atoms with van der Waals surface area (Å²) in [4.78, 5) is 1.22. The molecule has 0 aliphatic rings. The Morgan fingerprint density at radius 1 is 1.62 bits per heavy atom. The molecule has 2 heterocycles. The normalized spacial score (nSPS) is 12.9. The molecule has 1 atom stereocenters. The molecule has 0 aliphatic heterocycles. The van der Waals surface area contributed by atoms with Gasteiger partial charge in [0.2, 0.25) is 0 Å². The maximum absolute atomic E-state index is 5.58. The molecular formula is C10H13BrN4S. The predicted octanol–water partition coefficient (Wildman–Crippen LogP) is 1.99. The molecule has 4 nitrogen and oxygen atoms in total. The van der Waals surface area contributed by atoms with Crippen molar-refractivity contribution in [3.05, 3.63) is 38.8 Å².